The topological polar surface area (TPSA) is 42.0 Å². The second-order valence-corrected chi connectivity index (χ2v) is 5.08. The van der Waals surface area contributed by atoms with Gasteiger partial charge < -0.3 is 5.32 Å². The van der Waals surface area contributed by atoms with Crippen molar-refractivity contribution >= 4 is 29.9 Å². The van der Waals surface area contributed by atoms with Crippen LogP contribution in [-0.4, -0.2) is 10.9 Å². The van der Waals surface area contributed by atoms with Gasteiger partial charge in [-0.25, -0.2) is 0 Å². The molecule has 0 aliphatic carbocycles. The summed E-state index contributed by atoms with van der Waals surface area (Å²) in [6.07, 6.45) is 3.52. The fraction of sp³-hybridized carbons (Fsp3) is 0.167. The van der Waals surface area contributed by atoms with Gasteiger partial charge in [0.2, 0.25) is 0 Å². The molecule has 17 heavy (non-hydrogen) atoms. The Morgan fingerprint density at radius 2 is 2.41 bits per heavy atom. The Labute approximate surface area is 109 Å². The SMILES string of the molecule is Cc1cnccc1CNC(=O)c1cc(S)cs1. The van der Waals surface area contributed by atoms with E-state index in [4.69, 9.17) is 0 Å². The molecule has 0 bridgehead atoms. The average Bonchev–Trinajstić information content (AvgIpc) is 2.74. The second-order valence-electron chi connectivity index (χ2n) is 3.65. The molecule has 0 radical (unpaired) electrons. The number of nitrogens with one attached hydrogen (secondary N) is 1. The van der Waals surface area contributed by atoms with Crippen LogP contribution in [0.5, 0.6) is 0 Å². The van der Waals surface area contributed by atoms with Crippen LogP contribution in [0.15, 0.2) is 34.8 Å². The van der Waals surface area contributed by atoms with Crippen LogP contribution in [0.4, 0.5) is 0 Å². The van der Waals surface area contributed by atoms with E-state index in [2.05, 4.69) is 22.9 Å². The van der Waals surface area contributed by atoms with Crippen LogP contribution in [-0.2, 0) is 6.54 Å². The second kappa shape index (κ2) is 5.33. The number of rotatable bonds is 3. The largest absolute Gasteiger partial charge is 0.347 e. The molecule has 2 aromatic rings. The Kier molecular flexibility index (Phi) is 3.81. The molecule has 88 valence electrons. The molecule has 0 aromatic carbocycles. The van der Waals surface area contributed by atoms with Crippen molar-refractivity contribution in [2.24, 2.45) is 0 Å². The fourth-order valence-corrected chi connectivity index (χ4v) is 2.47. The first-order valence-corrected chi connectivity index (χ1v) is 6.44. The summed E-state index contributed by atoms with van der Waals surface area (Å²) in [7, 11) is 0. The highest BCUT2D eigenvalue weighted by Gasteiger charge is 2.08. The number of amides is 1. The number of hydrogen-bond acceptors (Lipinski definition) is 4. The van der Waals surface area contributed by atoms with Crippen LogP contribution in [0.1, 0.15) is 20.8 Å². The molecular formula is C12H12N2OS2. The lowest BCUT2D eigenvalue weighted by Gasteiger charge is -2.06. The number of carbonyl (C=O) groups is 1. The first-order chi connectivity index (χ1) is 8.16. The molecule has 5 heteroatoms. The highest BCUT2D eigenvalue weighted by molar-refractivity contribution is 7.80. The van der Waals surface area contributed by atoms with Gasteiger partial charge in [0, 0.05) is 29.2 Å². The Morgan fingerprint density at radius 1 is 1.59 bits per heavy atom. The maximum Gasteiger partial charge on any atom is 0.261 e. The summed E-state index contributed by atoms with van der Waals surface area (Å²) in [5.74, 6) is -0.0634. The molecule has 0 aliphatic heterocycles. The predicted molar refractivity (Wildman–Crippen MR) is 71.7 cm³/mol. The third-order valence-corrected chi connectivity index (χ3v) is 3.75. The van der Waals surface area contributed by atoms with Crippen molar-refractivity contribution in [2.45, 2.75) is 18.4 Å². The average molecular weight is 264 g/mol. The van der Waals surface area contributed by atoms with Crippen LogP contribution in [0.2, 0.25) is 0 Å². The van der Waals surface area contributed by atoms with Crippen molar-refractivity contribution in [1.82, 2.24) is 10.3 Å². The summed E-state index contributed by atoms with van der Waals surface area (Å²) in [6, 6.07) is 3.68. The van der Waals surface area contributed by atoms with E-state index in [1.165, 1.54) is 11.3 Å². The van der Waals surface area contributed by atoms with Gasteiger partial charge in [0.25, 0.3) is 5.91 Å². The van der Waals surface area contributed by atoms with Gasteiger partial charge in [-0.2, -0.15) is 0 Å². The molecule has 1 amide bonds. The lowest BCUT2D eigenvalue weighted by atomic mass is 10.1. The van der Waals surface area contributed by atoms with E-state index in [9.17, 15) is 4.79 Å². The number of nitrogens with zero attached hydrogens (tertiary/aromatic N) is 1. The van der Waals surface area contributed by atoms with Crippen LogP contribution >= 0.6 is 24.0 Å². The van der Waals surface area contributed by atoms with E-state index >= 15 is 0 Å². The molecule has 0 aliphatic rings. The summed E-state index contributed by atoms with van der Waals surface area (Å²) in [5, 5.41) is 4.72. The molecule has 1 N–H and O–H groups in total. The van der Waals surface area contributed by atoms with E-state index < -0.39 is 0 Å². The Hall–Kier alpha value is -1.33. The Morgan fingerprint density at radius 3 is 3.06 bits per heavy atom. The molecule has 2 rings (SSSR count). The monoisotopic (exact) mass is 264 g/mol. The van der Waals surface area contributed by atoms with E-state index in [1.807, 2.05) is 18.4 Å². The van der Waals surface area contributed by atoms with Crippen LogP contribution in [0.25, 0.3) is 0 Å². The number of thiol groups is 1. The molecule has 0 atom stereocenters. The highest BCUT2D eigenvalue weighted by atomic mass is 32.1. The zero-order valence-electron chi connectivity index (χ0n) is 9.30. The summed E-state index contributed by atoms with van der Waals surface area (Å²) < 4.78 is 0. The molecule has 2 aromatic heterocycles. The minimum absolute atomic E-state index is 0.0634. The smallest absolute Gasteiger partial charge is 0.261 e. The fourth-order valence-electron chi connectivity index (χ4n) is 1.41. The number of hydrogen-bond donors (Lipinski definition) is 2. The molecule has 2 heterocycles. The highest BCUT2D eigenvalue weighted by Crippen LogP contribution is 2.17. The van der Waals surface area contributed by atoms with Gasteiger partial charge in [0.05, 0.1) is 4.88 Å². The van der Waals surface area contributed by atoms with Crippen molar-refractivity contribution in [2.75, 3.05) is 0 Å². The Bertz CT molecular complexity index is 537. The number of pyridine rings is 1. The maximum atomic E-state index is 11.8. The lowest BCUT2D eigenvalue weighted by molar-refractivity contribution is 0.0955. The van der Waals surface area contributed by atoms with Gasteiger partial charge in [-0.05, 0) is 30.2 Å². The number of aryl methyl sites for hydroxylation is 1. The molecule has 0 saturated carbocycles. The minimum Gasteiger partial charge on any atom is -0.347 e. The van der Waals surface area contributed by atoms with Crippen LogP contribution in [0.3, 0.4) is 0 Å². The van der Waals surface area contributed by atoms with E-state index in [1.54, 1.807) is 18.5 Å². The zero-order valence-corrected chi connectivity index (χ0v) is 11.0. The van der Waals surface area contributed by atoms with Crippen molar-refractivity contribution in [3.63, 3.8) is 0 Å². The van der Waals surface area contributed by atoms with Crippen molar-refractivity contribution in [3.05, 3.63) is 45.9 Å². The van der Waals surface area contributed by atoms with Gasteiger partial charge in [0.15, 0.2) is 0 Å². The molecule has 0 unspecified atom stereocenters. The lowest BCUT2D eigenvalue weighted by Crippen LogP contribution is -2.22. The van der Waals surface area contributed by atoms with Crippen LogP contribution < -0.4 is 5.32 Å². The molecule has 0 saturated heterocycles. The maximum absolute atomic E-state index is 11.8. The van der Waals surface area contributed by atoms with Crippen LogP contribution in [0, 0.1) is 6.92 Å². The predicted octanol–water partition coefficient (Wildman–Crippen LogP) is 2.67. The molecule has 3 nitrogen and oxygen atoms in total. The van der Waals surface area contributed by atoms with E-state index in [0.717, 1.165) is 16.0 Å². The Balaban J connectivity index is 1.99. The summed E-state index contributed by atoms with van der Waals surface area (Å²) in [5.41, 5.74) is 2.16. The van der Waals surface area contributed by atoms with E-state index in [0.29, 0.717) is 11.4 Å². The summed E-state index contributed by atoms with van der Waals surface area (Å²) in [4.78, 5) is 17.3. The first-order valence-electron chi connectivity index (χ1n) is 5.12. The van der Waals surface area contributed by atoms with Crippen molar-refractivity contribution < 1.29 is 4.79 Å². The van der Waals surface area contributed by atoms with Crippen molar-refractivity contribution in [3.8, 4) is 0 Å². The molecular weight excluding hydrogens is 252 g/mol. The zero-order chi connectivity index (χ0) is 12.3. The quantitative estimate of drug-likeness (QED) is 0.837. The van der Waals surface area contributed by atoms with Gasteiger partial charge in [-0.3, -0.25) is 9.78 Å². The van der Waals surface area contributed by atoms with E-state index in [-0.39, 0.29) is 5.91 Å². The van der Waals surface area contributed by atoms with Crippen molar-refractivity contribution in [1.29, 1.82) is 0 Å². The number of thiophene rings is 1. The van der Waals surface area contributed by atoms with Gasteiger partial charge >= 0.3 is 0 Å². The number of carbonyl (C=O) groups excluding carboxylic acids is 1. The summed E-state index contributed by atoms with van der Waals surface area (Å²) in [6.45, 7) is 2.50. The molecule has 0 fully saturated rings. The van der Waals surface area contributed by atoms with Gasteiger partial charge in [-0.1, -0.05) is 0 Å². The molecule has 0 spiro atoms. The minimum atomic E-state index is -0.0634. The summed E-state index contributed by atoms with van der Waals surface area (Å²) >= 11 is 5.57. The number of aromatic nitrogens is 1. The van der Waals surface area contributed by atoms with Gasteiger partial charge in [0.1, 0.15) is 0 Å². The third kappa shape index (κ3) is 3.08. The standard InChI is InChI=1S/C12H12N2OS2/c1-8-5-13-3-2-9(8)6-14-12(15)11-4-10(16)7-17-11/h2-5,7,16H,6H2,1H3,(H,14,15). The normalized spacial score (nSPS) is 10.2. The first kappa shape index (κ1) is 12.1. The van der Waals surface area contributed by atoms with Gasteiger partial charge in [-0.15, -0.1) is 24.0 Å². The third-order valence-electron chi connectivity index (χ3n) is 2.39.